The van der Waals surface area contributed by atoms with Gasteiger partial charge in [0, 0.05) is 12.5 Å². The molecule has 1 N–H and O–H groups in total. The molecule has 0 bridgehead atoms. The minimum atomic E-state index is -0.0814. The molecule has 70 valence electrons. The standard InChI is InChI=1S/C10H12O3/c1-12-8-3-2-7-4-9(6-11)13-10(7)5-8/h2-3,5,9,11H,4,6H2,1H3/t9-/m1/s1. The van der Waals surface area contributed by atoms with E-state index in [1.807, 2.05) is 18.2 Å². The van der Waals surface area contributed by atoms with E-state index in [1.165, 1.54) is 0 Å². The average molecular weight is 180 g/mol. The monoisotopic (exact) mass is 180 g/mol. The van der Waals surface area contributed by atoms with E-state index in [2.05, 4.69) is 0 Å². The maximum Gasteiger partial charge on any atom is 0.126 e. The van der Waals surface area contributed by atoms with Gasteiger partial charge in [-0.15, -0.1) is 0 Å². The number of aliphatic hydroxyl groups is 1. The van der Waals surface area contributed by atoms with Crippen LogP contribution in [-0.4, -0.2) is 24.9 Å². The molecule has 1 heterocycles. The van der Waals surface area contributed by atoms with Crippen molar-refractivity contribution in [2.24, 2.45) is 0 Å². The first-order valence-electron chi connectivity index (χ1n) is 4.28. The van der Waals surface area contributed by atoms with E-state index >= 15 is 0 Å². The largest absolute Gasteiger partial charge is 0.497 e. The molecule has 0 aromatic heterocycles. The first-order chi connectivity index (χ1) is 6.33. The molecule has 1 atom stereocenters. The van der Waals surface area contributed by atoms with Crippen molar-refractivity contribution in [3.8, 4) is 11.5 Å². The van der Waals surface area contributed by atoms with Crippen LogP contribution in [-0.2, 0) is 6.42 Å². The second-order valence-corrected chi connectivity index (χ2v) is 3.10. The van der Waals surface area contributed by atoms with Gasteiger partial charge in [0.2, 0.25) is 0 Å². The van der Waals surface area contributed by atoms with E-state index in [4.69, 9.17) is 14.6 Å². The predicted octanol–water partition coefficient (Wildman–Crippen LogP) is 0.991. The fourth-order valence-electron chi connectivity index (χ4n) is 1.51. The Hall–Kier alpha value is -1.22. The Morgan fingerprint density at radius 1 is 1.62 bits per heavy atom. The van der Waals surface area contributed by atoms with E-state index in [-0.39, 0.29) is 12.7 Å². The number of hydrogen-bond donors (Lipinski definition) is 1. The van der Waals surface area contributed by atoms with Crippen LogP contribution < -0.4 is 9.47 Å². The Morgan fingerprint density at radius 3 is 3.15 bits per heavy atom. The van der Waals surface area contributed by atoms with Gasteiger partial charge in [0.1, 0.15) is 17.6 Å². The zero-order valence-corrected chi connectivity index (χ0v) is 7.49. The van der Waals surface area contributed by atoms with Crippen molar-refractivity contribution in [2.45, 2.75) is 12.5 Å². The topological polar surface area (TPSA) is 38.7 Å². The van der Waals surface area contributed by atoms with Crippen molar-refractivity contribution in [1.82, 2.24) is 0 Å². The van der Waals surface area contributed by atoms with Crippen LogP contribution in [0.3, 0.4) is 0 Å². The van der Waals surface area contributed by atoms with Gasteiger partial charge in [0.05, 0.1) is 13.7 Å². The zero-order chi connectivity index (χ0) is 9.26. The third kappa shape index (κ3) is 1.47. The molecule has 2 rings (SSSR count). The lowest BCUT2D eigenvalue weighted by atomic mass is 10.1. The van der Waals surface area contributed by atoms with E-state index in [1.54, 1.807) is 7.11 Å². The summed E-state index contributed by atoms with van der Waals surface area (Å²) in [5.41, 5.74) is 1.14. The molecule has 1 aromatic carbocycles. The summed E-state index contributed by atoms with van der Waals surface area (Å²) in [6, 6.07) is 5.73. The van der Waals surface area contributed by atoms with Crippen molar-refractivity contribution in [3.63, 3.8) is 0 Å². The molecule has 1 aliphatic heterocycles. The van der Waals surface area contributed by atoms with Crippen molar-refractivity contribution >= 4 is 0 Å². The summed E-state index contributed by atoms with van der Waals surface area (Å²) in [6.45, 7) is 0.0665. The van der Waals surface area contributed by atoms with Crippen molar-refractivity contribution < 1.29 is 14.6 Å². The summed E-state index contributed by atoms with van der Waals surface area (Å²) in [4.78, 5) is 0. The second-order valence-electron chi connectivity index (χ2n) is 3.10. The van der Waals surface area contributed by atoms with Gasteiger partial charge in [0.25, 0.3) is 0 Å². The summed E-state index contributed by atoms with van der Waals surface area (Å²) in [5.74, 6) is 1.62. The Kier molecular flexibility index (Phi) is 2.10. The van der Waals surface area contributed by atoms with E-state index in [9.17, 15) is 0 Å². The van der Waals surface area contributed by atoms with Gasteiger partial charge in [-0.25, -0.2) is 0 Å². The maximum atomic E-state index is 8.91. The maximum absolute atomic E-state index is 8.91. The Labute approximate surface area is 76.9 Å². The Bertz CT molecular complexity index is 309. The van der Waals surface area contributed by atoms with Gasteiger partial charge in [-0.05, 0) is 11.6 Å². The highest BCUT2D eigenvalue weighted by Gasteiger charge is 2.22. The van der Waals surface area contributed by atoms with Crippen LogP contribution >= 0.6 is 0 Å². The summed E-state index contributed by atoms with van der Waals surface area (Å²) < 4.78 is 10.5. The Morgan fingerprint density at radius 2 is 2.46 bits per heavy atom. The smallest absolute Gasteiger partial charge is 0.126 e. The van der Waals surface area contributed by atoms with E-state index in [0.29, 0.717) is 0 Å². The molecule has 0 amide bonds. The number of hydrogen-bond acceptors (Lipinski definition) is 3. The molecule has 13 heavy (non-hydrogen) atoms. The van der Waals surface area contributed by atoms with Gasteiger partial charge >= 0.3 is 0 Å². The highest BCUT2D eigenvalue weighted by molar-refractivity contribution is 5.43. The molecule has 0 unspecified atom stereocenters. The molecule has 3 heteroatoms. The molecule has 0 saturated carbocycles. The molecular formula is C10H12O3. The first kappa shape index (κ1) is 8.38. The van der Waals surface area contributed by atoms with Gasteiger partial charge < -0.3 is 14.6 Å². The molecule has 0 radical (unpaired) electrons. The summed E-state index contributed by atoms with van der Waals surface area (Å²) in [7, 11) is 1.63. The van der Waals surface area contributed by atoms with Crippen molar-refractivity contribution in [1.29, 1.82) is 0 Å². The first-order valence-corrected chi connectivity index (χ1v) is 4.28. The highest BCUT2D eigenvalue weighted by atomic mass is 16.5. The second kappa shape index (κ2) is 3.26. The fourth-order valence-corrected chi connectivity index (χ4v) is 1.51. The number of methoxy groups -OCH3 is 1. The van der Waals surface area contributed by atoms with Crippen LogP contribution in [0.1, 0.15) is 5.56 Å². The molecule has 3 nitrogen and oxygen atoms in total. The van der Waals surface area contributed by atoms with Crippen molar-refractivity contribution in [2.75, 3.05) is 13.7 Å². The summed E-state index contributed by atoms with van der Waals surface area (Å²) in [5, 5.41) is 8.91. The number of rotatable bonds is 2. The quantitative estimate of drug-likeness (QED) is 0.737. The van der Waals surface area contributed by atoms with Crippen LogP contribution in [0, 0.1) is 0 Å². The van der Waals surface area contributed by atoms with Gasteiger partial charge in [-0.1, -0.05) is 6.07 Å². The number of benzene rings is 1. The SMILES string of the molecule is COc1ccc2c(c1)O[C@@H](CO)C2. The number of aliphatic hydroxyl groups excluding tert-OH is 1. The lowest BCUT2D eigenvalue weighted by Gasteiger charge is -2.05. The Balaban J connectivity index is 2.25. The minimum Gasteiger partial charge on any atom is -0.497 e. The number of ether oxygens (including phenoxy) is 2. The van der Waals surface area contributed by atoms with Crippen LogP contribution in [0.5, 0.6) is 11.5 Å². The zero-order valence-electron chi connectivity index (χ0n) is 7.49. The summed E-state index contributed by atoms with van der Waals surface area (Å²) >= 11 is 0. The van der Waals surface area contributed by atoms with Crippen LogP contribution in [0.15, 0.2) is 18.2 Å². The van der Waals surface area contributed by atoms with Gasteiger partial charge in [-0.2, -0.15) is 0 Å². The molecular weight excluding hydrogens is 168 g/mol. The summed E-state index contributed by atoms with van der Waals surface area (Å²) in [6.07, 6.45) is 0.706. The average Bonchev–Trinajstić information content (AvgIpc) is 2.58. The van der Waals surface area contributed by atoms with Gasteiger partial charge in [0.15, 0.2) is 0 Å². The van der Waals surface area contributed by atoms with E-state index < -0.39 is 0 Å². The molecule has 0 saturated heterocycles. The normalized spacial score (nSPS) is 19.4. The molecule has 0 spiro atoms. The lowest BCUT2D eigenvalue weighted by molar-refractivity contribution is 0.134. The van der Waals surface area contributed by atoms with Crippen LogP contribution in [0.4, 0.5) is 0 Å². The lowest BCUT2D eigenvalue weighted by Crippen LogP contribution is -2.17. The molecule has 1 aliphatic rings. The number of fused-ring (bicyclic) bond motifs is 1. The third-order valence-corrected chi connectivity index (χ3v) is 2.22. The van der Waals surface area contributed by atoms with Crippen molar-refractivity contribution in [3.05, 3.63) is 23.8 Å². The predicted molar refractivity (Wildman–Crippen MR) is 48.2 cm³/mol. The fraction of sp³-hybridized carbons (Fsp3) is 0.400. The third-order valence-electron chi connectivity index (χ3n) is 2.22. The van der Waals surface area contributed by atoms with Crippen LogP contribution in [0.25, 0.3) is 0 Å². The molecule has 1 aromatic rings. The molecule has 0 aliphatic carbocycles. The van der Waals surface area contributed by atoms with E-state index in [0.717, 1.165) is 23.5 Å². The minimum absolute atomic E-state index is 0.0665. The molecule has 0 fully saturated rings. The highest BCUT2D eigenvalue weighted by Crippen LogP contribution is 2.31. The van der Waals surface area contributed by atoms with Crippen LogP contribution in [0.2, 0.25) is 0 Å². The van der Waals surface area contributed by atoms with Gasteiger partial charge in [-0.3, -0.25) is 0 Å².